The van der Waals surface area contributed by atoms with Gasteiger partial charge in [0.05, 0.1) is 17.7 Å². The third-order valence-corrected chi connectivity index (χ3v) is 8.65. The molecule has 1 atom stereocenters. The van der Waals surface area contributed by atoms with Crippen LogP contribution in [-0.2, 0) is 26.2 Å². The molecule has 2 amide bonds. The lowest BCUT2D eigenvalue weighted by molar-refractivity contribution is -0.139. The van der Waals surface area contributed by atoms with Gasteiger partial charge >= 0.3 is 0 Å². The highest BCUT2D eigenvalue weighted by molar-refractivity contribution is 7.92. The van der Waals surface area contributed by atoms with Crippen molar-refractivity contribution < 1.29 is 22.7 Å². The molecule has 0 aromatic heterocycles. The molecule has 8 nitrogen and oxygen atoms in total. The van der Waals surface area contributed by atoms with Gasteiger partial charge in [0.2, 0.25) is 11.8 Å². The summed E-state index contributed by atoms with van der Waals surface area (Å²) in [7, 11) is -2.71. The van der Waals surface area contributed by atoms with Gasteiger partial charge in [0, 0.05) is 28.7 Å². The summed E-state index contributed by atoms with van der Waals surface area (Å²) in [5, 5.41) is 3.36. The largest absolute Gasteiger partial charge is 0.497 e. The Morgan fingerprint density at radius 1 is 0.974 bits per heavy atom. The highest BCUT2D eigenvalue weighted by Gasteiger charge is 2.33. The summed E-state index contributed by atoms with van der Waals surface area (Å²) >= 11 is 12.8. The molecule has 0 aliphatic carbocycles. The van der Waals surface area contributed by atoms with Crippen LogP contribution < -0.4 is 14.4 Å². The zero-order chi connectivity index (χ0) is 28.7. The second-order valence-corrected chi connectivity index (χ2v) is 11.5. The number of sulfonamides is 1. The Morgan fingerprint density at radius 2 is 1.56 bits per heavy atom. The van der Waals surface area contributed by atoms with E-state index in [0.717, 1.165) is 9.87 Å². The van der Waals surface area contributed by atoms with Gasteiger partial charge in [-0.25, -0.2) is 8.42 Å². The van der Waals surface area contributed by atoms with Crippen LogP contribution in [0.15, 0.2) is 71.6 Å². The maximum Gasteiger partial charge on any atom is 0.264 e. The van der Waals surface area contributed by atoms with E-state index in [0.29, 0.717) is 33.6 Å². The van der Waals surface area contributed by atoms with Crippen LogP contribution in [0.4, 0.5) is 5.69 Å². The third-order valence-electron chi connectivity index (χ3n) is 6.16. The summed E-state index contributed by atoms with van der Waals surface area (Å²) in [5.41, 5.74) is 1.67. The molecule has 3 aromatic rings. The number of anilines is 1. The van der Waals surface area contributed by atoms with Crippen molar-refractivity contribution in [1.82, 2.24) is 10.2 Å². The van der Waals surface area contributed by atoms with Gasteiger partial charge in [0.25, 0.3) is 10.0 Å². The van der Waals surface area contributed by atoms with E-state index < -0.39 is 34.4 Å². The summed E-state index contributed by atoms with van der Waals surface area (Å²) in [4.78, 5) is 28.0. The van der Waals surface area contributed by atoms with Gasteiger partial charge in [-0.3, -0.25) is 13.9 Å². The van der Waals surface area contributed by atoms with Gasteiger partial charge in [-0.1, -0.05) is 47.0 Å². The molecule has 0 bridgehead atoms. The van der Waals surface area contributed by atoms with Crippen molar-refractivity contribution >= 4 is 50.7 Å². The van der Waals surface area contributed by atoms with Gasteiger partial charge in [0.15, 0.2) is 0 Å². The molecule has 0 radical (unpaired) electrons. The number of hydrogen-bond acceptors (Lipinski definition) is 5. The molecule has 208 valence electrons. The van der Waals surface area contributed by atoms with Gasteiger partial charge in [-0.2, -0.15) is 0 Å². The Bertz CT molecular complexity index is 1390. The number of methoxy groups -OCH3 is 1. The van der Waals surface area contributed by atoms with Crippen LogP contribution in [0, 0.1) is 6.92 Å². The zero-order valence-electron chi connectivity index (χ0n) is 22.1. The van der Waals surface area contributed by atoms with Gasteiger partial charge in [-0.05, 0) is 69.3 Å². The highest BCUT2D eigenvalue weighted by Crippen LogP contribution is 2.29. The second-order valence-electron chi connectivity index (χ2n) is 8.82. The Labute approximate surface area is 239 Å². The normalized spacial score (nSPS) is 11.9. The summed E-state index contributed by atoms with van der Waals surface area (Å²) in [5.74, 6) is -0.512. The minimum Gasteiger partial charge on any atom is -0.497 e. The first kappa shape index (κ1) is 30.3. The maximum absolute atomic E-state index is 13.9. The fraction of sp³-hybridized carbons (Fsp3) is 0.286. The Kier molecular flexibility index (Phi) is 10.2. The maximum atomic E-state index is 13.9. The first-order valence-corrected chi connectivity index (χ1v) is 14.4. The van der Waals surface area contributed by atoms with Crippen LogP contribution in [0.5, 0.6) is 5.75 Å². The van der Waals surface area contributed by atoms with Crippen LogP contribution in [-0.4, -0.2) is 51.4 Å². The first-order chi connectivity index (χ1) is 18.5. The summed E-state index contributed by atoms with van der Waals surface area (Å²) in [6, 6.07) is 16.7. The topological polar surface area (TPSA) is 96.0 Å². The Balaban J connectivity index is 2.06. The van der Waals surface area contributed by atoms with Crippen LogP contribution in [0.25, 0.3) is 0 Å². The van der Waals surface area contributed by atoms with Crippen molar-refractivity contribution in [3.05, 3.63) is 87.9 Å². The number of nitrogens with zero attached hydrogens (tertiary/aromatic N) is 2. The SMILES string of the molecule is CCNC(=O)C(C)N(Cc1c(Cl)cccc1Cl)C(=O)CN(c1ccc(C)cc1)S(=O)(=O)c1ccc(OC)cc1. The average molecular weight is 593 g/mol. The van der Waals surface area contributed by atoms with Crippen molar-refractivity contribution in [2.24, 2.45) is 0 Å². The molecule has 0 saturated carbocycles. The van der Waals surface area contributed by atoms with E-state index in [1.807, 2.05) is 6.92 Å². The number of benzene rings is 3. The average Bonchev–Trinajstić information content (AvgIpc) is 2.92. The molecule has 0 aliphatic heterocycles. The van der Waals surface area contributed by atoms with E-state index in [-0.39, 0.29) is 11.4 Å². The minimum atomic E-state index is -4.19. The number of halogens is 2. The van der Waals surface area contributed by atoms with Gasteiger partial charge < -0.3 is 15.0 Å². The first-order valence-electron chi connectivity index (χ1n) is 12.2. The van der Waals surface area contributed by atoms with Gasteiger partial charge in [-0.15, -0.1) is 0 Å². The lowest BCUT2D eigenvalue weighted by Gasteiger charge is -2.32. The molecule has 1 unspecified atom stereocenters. The third kappa shape index (κ3) is 7.23. The van der Waals surface area contributed by atoms with Crippen LogP contribution in [0.2, 0.25) is 10.0 Å². The molecule has 39 heavy (non-hydrogen) atoms. The fourth-order valence-electron chi connectivity index (χ4n) is 3.87. The number of rotatable bonds is 11. The van der Waals surface area contributed by atoms with Crippen LogP contribution >= 0.6 is 23.2 Å². The molecule has 0 saturated heterocycles. The molecule has 11 heteroatoms. The number of ether oxygens (including phenoxy) is 1. The molecule has 3 rings (SSSR count). The number of nitrogens with one attached hydrogen (secondary N) is 1. The molecular formula is C28H31Cl2N3O5S. The van der Waals surface area contributed by atoms with E-state index in [2.05, 4.69) is 5.32 Å². The van der Waals surface area contributed by atoms with E-state index in [1.165, 1.54) is 36.3 Å². The number of carbonyl (C=O) groups excluding carboxylic acids is 2. The predicted molar refractivity (Wildman–Crippen MR) is 154 cm³/mol. The van der Waals surface area contributed by atoms with Crippen molar-refractivity contribution in [1.29, 1.82) is 0 Å². The van der Waals surface area contributed by atoms with E-state index in [9.17, 15) is 18.0 Å². The number of hydrogen-bond donors (Lipinski definition) is 1. The van der Waals surface area contributed by atoms with E-state index >= 15 is 0 Å². The van der Waals surface area contributed by atoms with Crippen molar-refractivity contribution in [2.45, 2.75) is 38.3 Å². The standard InChI is InChI=1S/C28H31Cl2N3O5S/c1-5-31-28(35)20(3)32(17-24-25(29)7-6-8-26(24)30)27(34)18-33(21-11-9-19(2)10-12-21)39(36,37)23-15-13-22(38-4)14-16-23/h6-16,20H,5,17-18H2,1-4H3,(H,31,35). The Hall–Kier alpha value is -3.27. The molecule has 0 spiro atoms. The highest BCUT2D eigenvalue weighted by atomic mass is 35.5. The molecule has 1 N–H and O–H groups in total. The number of likely N-dealkylation sites (N-methyl/N-ethyl adjacent to an activating group) is 1. The molecule has 0 aliphatic rings. The van der Waals surface area contributed by atoms with Crippen LogP contribution in [0.3, 0.4) is 0 Å². The molecule has 3 aromatic carbocycles. The van der Waals surface area contributed by atoms with E-state index in [1.54, 1.807) is 56.3 Å². The molecule has 0 fully saturated rings. The monoisotopic (exact) mass is 591 g/mol. The number of carbonyl (C=O) groups is 2. The van der Waals surface area contributed by atoms with Crippen molar-refractivity contribution in [2.75, 3.05) is 24.5 Å². The quantitative estimate of drug-likeness (QED) is 0.336. The minimum absolute atomic E-state index is 0.0193. The number of amides is 2. The summed E-state index contributed by atoms with van der Waals surface area (Å²) in [6.45, 7) is 4.91. The number of aryl methyl sites for hydroxylation is 1. The van der Waals surface area contributed by atoms with Crippen LogP contribution in [0.1, 0.15) is 25.0 Å². The summed E-state index contributed by atoms with van der Waals surface area (Å²) in [6.07, 6.45) is 0. The van der Waals surface area contributed by atoms with Gasteiger partial charge in [0.1, 0.15) is 18.3 Å². The Morgan fingerprint density at radius 3 is 2.10 bits per heavy atom. The molecular weight excluding hydrogens is 561 g/mol. The second kappa shape index (κ2) is 13.2. The van der Waals surface area contributed by atoms with E-state index in [4.69, 9.17) is 27.9 Å². The summed E-state index contributed by atoms with van der Waals surface area (Å²) < 4.78 is 33.9. The molecule has 0 heterocycles. The fourth-order valence-corrected chi connectivity index (χ4v) is 5.80. The smallest absolute Gasteiger partial charge is 0.264 e. The lowest BCUT2D eigenvalue weighted by Crippen LogP contribution is -2.51. The van der Waals surface area contributed by atoms with Crippen molar-refractivity contribution in [3.8, 4) is 5.75 Å². The predicted octanol–water partition coefficient (Wildman–Crippen LogP) is 5.06. The van der Waals surface area contributed by atoms with Crippen molar-refractivity contribution in [3.63, 3.8) is 0 Å². The zero-order valence-corrected chi connectivity index (χ0v) is 24.5. The lowest BCUT2D eigenvalue weighted by atomic mass is 10.1.